The molecular weight excluding hydrogens is 396 g/mol. The monoisotopic (exact) mass is 417 g/mol. The number of carbonyl (C=O) groups is 3. The Bertz CT molecular complexity index is 960. The van der Waals surface area contributed by atoms with Gasteiger partial charge in [0.1, 0.15) is 17.5 Å². The molecule has 1 unspecified atom stereocenters. The topological polar surface area (TPSA) is 99.6 Å². The predicted molar refractivity (Wildman–Crippen MR) is 105 cm³/mol. The third kappa shape index (κ3) is 4.68. The van der Waals surface area contributed by atoms with Crippen molar-refractivity contribution in [2.75, 3.05) is 16.8 Å². The number of pyridine rings is 1. The summed E-state index contributed by atoms with van der Waals surface area (Å²) >= 11 is 0. The lowest BCUT2D eigenvalue weighted by atomic mass is 9.92. The van der Waals surface area contributed by atoms with E-state index in [4.69, 9.17) is 0 Å². The zero-order valence-electron chi connectivity index (χ0n) is 16.3. The van der Waals surface area contributed by atoms with Gasteiger partial charge < -0.3 is 15.3 Å². The van der Waals surface area contributed by atoms with E-state index < -0.39 is 28.9 Å². The number of benzene rings is 1. The molecule has 3 rings (SSSR count). The summed E-state index contributed by atoms with van der Waals surface area (Å²) in [6.07, 6.45) is 1.69. The minimum Gasteiger partial charge on any atom is -0.373 e. The molecule has 1 aromatic carbocycles. The lowest BCUT2D eigenvalue weighted by molar-refractivity contribution is -0.147. The Morgan fingerprint density at radius 1 is 1.23 bits per heavy atom. The number of aromatic nitrogens is 1. The number of Topliss-reactive ketones (excluding diaryl/α,β-unsaturated/α-hetero) is 1. The van der Waals surface area contributed by atoms with E-state index in [9.17, 15) is 28.3 Å². The van der Waals surface area contributed by atoms with Gasteiger partial charge in [0.25, 0.3) is 5.91 Å². The number of ketones is 1. The van der Waals surface area contributed by atoms with Crippen LogP contribution in [0.1, 0.15) is 31.7 Å². The van der Waals surface area contributed by atoms with E-state index in [-0.39, 0.29) is 38.1 Å². The van der Waals surface area contributed by atoms with Gasteiger partial charge in [0.05, 0.1) is 11.9 Å². The fourth-order valence-corrected chi connectivity index (χ4v) is 3.43. The largest absolute Gasteiger partial charge is 0.373 e. The molecule has 7 nitrogen and oxygen atoms in total. The first-order valence-electron chi connectivity index (χ1n) is 9.45. The van der Waals surface area contributed by atoms with Crippen LogP contribution < -0.4 is 10.2 Å². The SMILES string of the molecule is CC(=O)Nc1ccc(N2CCC(O)(C(=O)CCCc3cc(F)cc(F)c3)C2=O)cn1. The van der Waals surface area contributed by atoms with E-state index in [1.54, 1.807) is 6.07 Å². The van der Waals surface area contributed by atoms with Gasteiger partial charge in [0.15, 0.2) is 5.78 Å². The molecule has 30 heavy (non-hydrogen) atoms. The van der Waals surface area contributed by atoms with Crippen molar-refractivity contribution in [2.24, 2.45) is 0 Å². The molecular formula is C21H21F2N3O4. The molecule has 2 N–H and O–H groups in total. The van der Waals surface area contributed by atoms with E-state index >= 15 is 0 Å². The lowest BCUT2D eigenvalue weighted by Crippen LogP contribution is -2.46. The van der Waals surface area contributed by atoms with Crippen molar-refractivity contribution in [1.29, 1.82) is 0 Å². The summed E-state index contributed by atoms with van der Waals surface area (Å²) in [4.78, 5) is 41.6. The Morgan fingerprint density at radius 3 is 2.53 bits per heavy atom. The molecule has 2 amide bonds. The van der Waals surface area contributed by atoms with E-state index in [0.29, 0.717) is 17.1 Å². The molecule has 1 aromatic heterocycles. The molecule has 2 heterocycles. The van der Waals surface area contributed by atoms with Crippen molar-refractivity contribution in [3.63, 3.8) is 0 Å². The maximum absolute atomic E-state index is 13.2. The van der Waals surface area contributed by atoms with Gasteiger partial charge >= 0.3 is 0 Å². The first kappa shape index (κ1) is 21.5. The van der Waals surface area contributed by atoms with Gasteiger partial charge in [-0.1, -0.05) is 0 Å². The van der Waals surface area contributed by atoms with Gasteiger partial charge in [0.2, 0.25) is 11.5 Å². The summed E-state index contributed by atoms with van der Waals surface area (Å²) < 4.78 is 26.5. The second kappa shape index (κ2) is 8.66. The minimum atomic E-state index is -2.14. The van der Waals surface area contributed by atoms with Crippen molar-refractivity contribution in [3.05, 3.63) is 53.7 Å². The molecule has 1 atom stereocenters. The van der Waals surface area contributed by atoms with E-state index in [1.165, 1.54) is 36.2 Å². The molecule has 2 aromatic rings. The molecule has 9 heteroatoms. The molecule has 1 saturated heterocycles. The van der Waals surface area contributed by atoms with Crippen molar-refractivity contribution in [1.82, 2.24) is 4.98 Å². The summed E-state index contributed by atoms with van der Waals surface area (Å²) in [7, 11) is 0. The van der Waals surface area contributed by atoms with Crippen LogP contribution in [0, 0.1) is 11.6 Å². The van der Waals surface area contributed by atoms with Crippen LogP contribution in [0.4, 0.5) is 20.3 Å². The Labute approximate surface area is 171 Å². The number of amides is 2. The molecule has 0 radical (unpaired) electrons. The quantitative estimate of drug-likeness (QED) is 0.674. The Balaban J connectivity index is 1.61. The highest BCUT2D eigenvalue weighted by atomic mass is 19.1. The van der Waals surface area contributed by atoms with Crippen molar-refractivity contribution < 1.29 is 28.3 Å². The van der Waals surface area contributed by atoms with Crippen LogP contribution >= 0.6 is 0 Å². The minimum absolute atomic E-state index is 0.0628. The molecule has 0 aliphatic carbocycles. The fraction of sp³-hybridized carbons (Fsp3) is 0.333. The number of rotatable bonds is 7. The number of anilines is 2. The number of aliphatic hydroxyl groups is 1. The number of nitrogens with one attached hydrogen (secondary N) is 1. The smallest absolute Gasteiger partial charge is 0.266 e. The molecule has 158 valence electrons. The van der Waals surface area contributed by atoms with Crippen LogP contribution in [0.5, 0.6) is 0 Å². The Morgan fingerprint density at radius 2 is 1.93 bits per heavy atom. The number of nitrogens with zero attached hydrogens (tertiary/aromatic N) is 2. The molecule has 0 bridgehead atoms. The summed E-state index contributed by atoms with van der Waals surface area (Å²) in [5.41, 5.74) is -1.34. The summed E-state index contributed by atoms with van der Waals surface area (Å²) in [5, 5.41) is 13.2. The predicted octanol–water partition coefficient (Wildman–Crippen LogP) is 2.38. The van der Waals surface area contributed by atoms with Gasteiger partial charge in [-0.15, -0.1) is 0 Å². The van der Waals surface area contributed by atoms with Gasteiger partial charge in [-0.25, -0.2) is 13.8 Å². The second-order valence-electron chi connectivity index (χ2n) is 7.20. The highest BCUT2D eigenvalue weighted by Gasteiger charge is 2.50. The highest BCUT2D eigenvalue weighted by Crippen LogP contribution is 2.30. The van der Waals surface area contributed by atoms with Crippen molar-refractivity contribution in [2.45, 2.75) is 38.2 Å². The number of hydrogen-bond acceptors (Lipinski definition) is 5. The molecule has 0 spiro atoms. The third-order valence-electron chi connectivity index (χ3n) is 4.91. The van der Waals surface area contributed by atoms with Gasteiger partial charge in [-0.3, -0.25) is 14.4 Å². The van der Waals surface area contributed by atoms with Crippen molar-refractivity contribution >= 4 is 29.1 Å². The highest BCUT2D eigenvalue weighted by molar-refractivity contribution is 6.17. The van der Waals surface area contributed by atoms with Gasteiger partial charge in [0, 0.05) is 32.4 Å². The van der Waals surface area contributed by atoms with E-state index in [1.807, 2.05) is 0 Å². The number of halogens is 2. The van der Waals surface area contributed by atoms with Crippen LogP contribution in [0.15, 0.2) is 36.5 Å². The first-order chi connectivity index (χ1) is 14.2. The van der Waals surface area contributed by atoms with Gasteiger partial charge in [-0.05, 0) is 42.7 Å². The summed E-state index contributed by atoms with van der Waals surface area (Å²) in [5.74, 6) is -2.73. The maximum Gasteiger partial charge on any atom is 0.266 e. The first-order valence-corrected chi connectivity index (χ1v) is 9.45. The zero-order chi connectivity index (χ0) is 21.9. The average Bonchev–Trinajstić information content (AvgIpc) is 2.97. The second-order valence-corrected chi connectivity index (χ2v) is 7.20. The van der Waals surface area contributed by atoms with E-state index in [2.05, 4.69) is 10.3 Å². The third-order valence-corrected chi connectivity index (χ3v) is 4.91. The molecule has 1 fully saturated rings. The standard InChI is InChI=1S/C21H21F2N3O4/c1-13(27)25-19-6-5-17(12-24-19)26-8-7-21(30,20(26)29)18(28)4-2-3-14-9-15(22)11-16(23)10-14/h5-6,9-12,30H,2-4,7-8H2,1H3,(H,24,25,27). The summed E-state index contributed by atoms with van der Waals surface area (Å²) in [6, 6.07) is 6.21. The summed E-state index contributed by atoms with van der Waals surface area (Å²) in [6.45, 7) is 1.48. The van der Waals surface area contributed by atoms with Crippen LogP contribution in [-0.4, -0.2) is 39.8 Å². The molecule has 1 aliphatic heterocycles. The van der Waals surface area contributed by atoms with Crippen molar-refractivity contribution in [3.8, 4) is 0 Å². The average molecular weight is 417 g/mol. The number of carbonyl (C=O) groups excluding carboxylic acids is 3. The van der Waals surface area contributed by atoms with Crippen LogP contribution in [0.3, 0.4) is 0 Å². The Kier molecular flexibility index (Phi) is 6.21. The van der Waals surface area contributed by atoms with Crippen LogP contribution in [0.25, 0.3) is 0 Å². The Hall–Kier alpha value is -3.20. The molecule has 0 saturated carbocycles. The number of aryl methyl sites for hydroxylation is 1. The maximum atomic E-state index is 13.2. The molecule has 1 aliphatic rings. The fourth-order valence-electron chi connectivity index (χ4n) is 3.43. The van der Waals surface area contributed by atoms with Crippen LogP contribution in [0.2, 0.25) is 0 Å². The van der Waals surface area contributed by atoms with E-state index in [0.717, 1.165) is 6.07 Å². The zero-order valence-corrected chi connectivity index (χ0v) is 16.3. The normalized spacial score (nSPS) is 18.5. The van der Waals surface area contributed by atoms with Gasteiger partial charge in [-0.2, -0.15) is 0 Å². The number of hydrogen-bond donors (Lipinski definition) is 2. The lowest BCUT2D eigenvalue weighted by Gasteiger charge is -2.21. The van der Waals surface area contributed by atoms with Crippen LogP contribution in [-0.2, 0) is 20.8 Å².